The summed E-state index contributed by atoms with van der Waals surface area (Å²) < 4.78 is 5.67. The summed E-state index contributed by atoms with van der Waals surface area (Å²) in [5, 5.41) is 9.14. The van der Waals surface area contributed by atoms with E-state index in [9.17, 15) is 9.59 Å². The number of anilines is 2. The van der Waals surface area contributed by atoms with E-state index in [0.29, 0.717) is 28.6 Å². The molecule has 2 amide bonds. The van der Waals surface area contributed by atoms with Crippen LogP contribution in [-0.2, 0) is 11.2 Å². The SMILES string of the molecule is Cc1ccc(-c2ccc(C(=O)NC(=S)Nc3ccc(NC(=O)Cc4ccccc4)cc3)o2)cc1Cl. The van der Waals surface area contributed by atoms with Gasteiger partial charge in [0.1, 0.15) is 5.76 Å². The molecule has 176 valence electrons. The third kappa shape index (κ3) is 6.56. The smallest absolute Gasteiger partial charge is 0.293 e. The molecule has 0 aliphatic rings. The first kappa shape index (κ1) is 24.2. The molecule has 0 saturated heterocycles. The van der Waals surface area contributed by atoms with Crippen molar-refractivity contribution in [2.45, 2.75) is 13.3 Å². The third-order valence-corrected chi connectivity index (χ3v) is 5.76. The van der Waals surface area contributed by atoms with Crippen molar-refractivity contribution in [2.75, 3.05) is 10.6 Å². The van der Waals surface area contributed by atoms with Crippen LogP contribution in [0, 0.1) is 6.92 Å². The van der Waals surface area contributed by atoms with E-state index in [1.54, 1.807) is 42.5 Å². The summed E-state index contributed by atoms with van der Waals surface area (Å²) in [5.41, 5.74) is 3.99. The summed E-state index contributed by atoms with van der Waals surface area (Å²) in [7, 11) is 0. The summed E-state index contributed by atoms with van der Waals surface area (Å²) in [6.45, 7) is 1.91. The van der Waals surface area contributed by atoms with Gasteiger partial charge in [-0.15, -0.1) is 0 Å². The maximum atomic E-state index is 12.5. The van der Waals surface area contributed by atoms with Crippen molar-refractivity contribution in [2.24, 2.45) is 0 Å². The highest BCUT2D eigenvalue weighted by Gasteiger charge is 2.14. The quantitative estimate of drug-likeness (QED) is 0.272. The minimum Gasteiger partial charge on any atom is -0.451 e. The maximum Gasteiger partial charge on any atom is 0.293 e. The molecule has 4 rings (SSSR count). The second-order valence-electron chi connectivity index (χ2n) is 7.82. The Morgan fingerprint density at radius 1 is 0.886 bits per heavy atom. The molecular formula is C27H22ClN3O3S. The molecule has 0 spiro atoms. The van der Waals surface area contributed by atoms with Crippen molar-refractivity contribution in [3.63, 3.8) is 0 Å². The van der Waals surface area contributed by atoms with Crippen molar-refractivity contribution >= 4 is 52.1 Å². The monoisotopic (exact) mass is 503 g/mol. The van der Waals surface area contributed by atoms with Crippen LogP contribution in [0.3, 0.4) is 0 Å². The van der Waals surface area contributed by atoms with E-state index in [-0.39, 0.29) is 16.8 Å². The predicted molar refractivity (Wildman–Crippen MR) is 143 cm³/mol. The number of nitrogens with one attached hydrogen (secondary N) is 3. The summed E-state index contributed by atoms with van der Waals surface area (Å²) >= 11 is 11.4. The number of furan rings is 1. The van der Waals surface area contributed by atoms with Crippen LogP contribution in [0.1, 0.15) is 21.7 Å². The fourth-order valence-corrected chi connectivity index (χ4v) is 3.70. The van der Waals surface area contributed by atoms with Crippen molar-refractivity contribution < 1.29 is 14.0 Å². The Labute approximate surface area is 213 Å². The molecule has 35 heavy (non-hydrogen) atoms. The lowest BCUT2D eigenvalue weighted by molar-refractivity contribution is -0.115. The normalized spacial score (nSPS) is 10.5. The van der Waals surface area contributed by atoms with E-state index in [1.165, 1.54) is 0 Å². The van der Waals surface area contributed by atoms with Crippen LogP contribution < -0.4 is 16.0 Å². The number of carbonyl (C=O) groups excluding carboxylic acids is 2. The topological polar surface area (TPSA) is 83.4 Å². The zero-order valence-corrected chi connectivity index (χ0v) is 20.4. The van der Waals surface area contributed by atoms with E-state index < -0.39 is 5.91 Å². The van der Waals surface area contributed by atoms with Crippen LogP contribution in [0.4, 0.5) is 11.4 Å². The summed E-state index contributed by atoms with van der Waals surface area (Å²) in [4.78, 5) is 24.7. The molecule has 3 aromatic carbocycles. The van der Waals surface area contributed by atoms with Gasteiger partial charge in [-0.1, -0.05) is 54.1 Å². The Morgan fingerprint density at radius 3 is 2.26 bits per heavy atom. The minimum atomic E-state index is -0.475. The molecule has 6 nitrogen and oxygen atoms in total. The zero-order chi connectivity index (χ0) is 24.8. The molecule has 0 atom stereocenters. The highest BCUT2D eigenvalue weighted by molar-refractivity contribution is 7.80. The van der Waals surface area contributed by atoms with Crippen molar-refractivity contribution in [3.05, 3.63) is 107 Å². The Bertz CT molecular complexity index is 1370. The number of rotatable bonds is 6. The molecule has 0 fully saturated rings. The van der Waals surface area contributed by atoms with E-state index in [0.717, 1.165) is 16.7 Å². The Hall–Kier alpha value is -3.94. The number of aryl methyl sites for hydroxylation is 1. The summed E-state index contributed by atoms with van der Waals surface area (Å²) in [6.07, 6.45) is 0.294. The molecule has 1 aromatic heterocycles. The summed E-state index contributed by atoms with van der Waals surface area (Å²) in [6, 6.07) is 25.4. The van der Waals surface area contributed by atoms with Gasteiger partial charge in [-0.25, -0.2) is 0 Å². The molecule has 0 bridgehead atoms. The standard InChI is InChI=1S/C27H22ClN3O3S/c1-17-7-8-19(16-22(17)28)23-13-14-24(34-23)26(33)31-27(35)30-21-11-9-20(10-12-21)29-25(32)15-18-5-3-2-4-6-18/h2-14,16H,15H2,1H3,(H,29,32)(H2,30,31,33,35). The van der Waals surface area contributed by atoms with Crippen LogP contribution in [0.5, 0.6) is 0 Å². The Balaban J connectivity index is 1.29. The van der Waals surface area contributed by atoms with Gasteiger partial charge in [0, 0.05) is 22.0 Å². The lowest BCUT2D eigenvalue weighted by Gasteiger charge is -2.10. The van der Waals surface area contributed by atoms with E-state index in [4.69, 9.17) is 28.2 Å². The van der Waals surface area contributed by atoms with Gasteiger partial charge in [0.25, 0.3) is 5.91 Å². The number of amides is 2. The second kappa shape index (κ2) is 11.0. The van der Waals surface area contributed by atoms with Crippen LogP contribution in [0.15, 0.2) is 89.3 Å². The molecule has 0 aliphatic carbocycles. The molecular weight excluding hydrogens is 482 g/mol. The average Bonchev–Trinajstić information content (AvgIpc) is 3.33. The number of halogens is 1. The fraction of sp³-hybridized carbons (Fsp3) is 0.0741. The van der Waals surface area contributed by atoms with Crippen molar-refractivity contribution in [1.29, 1.82) is 0 Å². The summed E-state index contributed by atoms with van der Waals surface area (Å²) in [5.74, 6) is 0.0697. The number of benzene rings is 3. The van der Waals surface area contributed by atoms with Crippen molar-refractivity contribution in [3.8, 4) is 11.3 Å². The van der Waals surface area contributed by atoms with E-state index in [1.807, 2.05) is 49.4 Å². The van der Waals surface area contributed by atoms with E-state index >= 15 is 0 Å². The molecule has 8 heteroatoms. The largest absolute Gasteiger partial charge is 0.451 e. The Morgan fingerprint density at radius 2 is 1.57 bits per heavy atom. The molecule has 0 aliphatic heterocycles. The highest BCUT2D eigenvalue weighted by atomic mass is 35.5. The molecule has 0 saturated carbocycles. The average molecular weight is 504 g/mol. The fourth-order valence-electron chi connectivity index (χ4n) is 3.31. The number of thiocarbonyl (C=S) groups is 1. The maximum absolute atomic E-state index is 12.5. The lowest BCUT2D eigenvalue weighted by atomic mass is 10.1. The molecule has 0 unspecified atom stereocenters. The number of hydrogen-bond acceptors (Lipinski definition) is 4. The van der Waals surface area contributed by atoms with Gasteiger partial charge in [-0.05, 0) is 72.7 Å². The first-order valence-electron chi connectivity index (χ1n) is 10.8. The second-order valence-corrected chi connectivity index (χ2v) is 8.64. The van der Waals surface area contributed by atoms with Crippen molar-refractivity contribution in [1.82, 2.24) is 5.32 Å². The van der Waals surface area contributed by atoms with Crippen LogP contribution in [-0.4, -0.2) is 16.9 Å². The zero-order valence-electron chi connectivity index (χ0n) is 18.8. The molecule has 1 heterocycles. The van der Waals surface area contributed by atoms with Gasteiger partial charge >= 0.3 is 0 Å². The third-order valence-electron chi connectivity index (χ3n) is 5.15. The van der Waals surface area contributed by atoms with Gasteiger partial charge in [-0.3, -0.25) is 14.9 Å². The lowest BCUT2D eigenvalue weighted by Crippen LogP contribution is -2.33. The molecule has 4 aromatic rings. The highest BCUT2D eigenvalue weighted by Crippen LogP contribution is 2.27. The minimum absolute atomic E-state index is 0.106. The van der Waals surface area contributed by atoms with Crippen LogP contribution in [0.2, 0.25) is 5.02 Å². The predicted octanol–water partition coefficient (Wildman–Crippen LogP) is 6.22. The van der Waals surface area contributed by atoms with Gasteiger partial charge in [-0.2, -0.15) is 0 Å². The van der Waals surface area contributed by atoms with E-state index in [2.05, 4.69) is 16.0 Å². The first-order chi connectivity index (χ1) is 16.9. The van der Waals surface area contributed by atoms with Crippen LogP contribution in [0.25, 0.3) is 11.3 Å². The van der Waals surface area contributed by atoms with Gasteiger partial charge in [0.2, 0.25) is 5.91 Å². The van der Waals surface area contributed by atoms with Gasteiger partial charge in [0.15, 0.2) is 10.9 Å². The first-order valence-corrected chi connectivity index (χ1v) is 11.6. The van der Waals surface area contributed by atoms with Gasteiger partial charge < -0.3 is 15.1 Å². The number of carbonyl (C=O) groups is 2. The molecule has 3 N–H and O–H groups in total. The molecule has 0 radical (unpaired) electrons. The number of hydrogen-bond donors (Lipinski definition) is 3. The Kier molecular flexibility index (Phi) is 7.60. The van der Waals surface area contributed by atoms with Gasteiger partial charge in [0.05, 0.1) is 6.42 Å². The van der Waals surface area contributed by atoms with Crippen LogP contribution >= 0.6 is 23.8 Å².